The average molecular weight is 332 g/mol. The highest BCUT2D eigenvalue weighted by molar-refractivity contribution is 9.10. The molecule has 19 heavy (non-hydrogen) atoms. The van der Waals surface area contributed by atoms with Crippen LogP contribution in [0.2, 0.25) is 0 Å². The van der Waals surface area contributed by atoms with Crippen molar-refractivity contribution in [3.8, 4) is 11.5 Å². The second-order valence-electron chi connectivity index (χ2n) is 4.44. The first-order valence-corrected chi connectivity index (χ1v) is 7.19. The first-order valence-electron chi connectivity index (χ1n) is 6.40. The molecule has 0 aromatic heterocycles. The zero-order chi connectivity index (χ0) is 14.3. The van der Waals surface area contributed by atoms with Crippen LogP contribution in [0.15, 0.2) is 16.6 Å². The molecule has 1 N–H and O–H groups in total. The third-order valence-corrected chi connectivity index (χ3v) is 3.33. The van der Waals surface area contributed by atoms with Gasteiger partial charge in [0.15, 0.2) is 11.5 Å². The lowest BCUT2D eigenvalue weighted by Crippen LogP contribution is -2.20. The van der Waals surface area contributed by atoms with Crippen LogP contribution in [-0.4, -0.2) is 43.9 Å². The van der Waals surface area contributed by atoms with Crippen molar-refractivity contribution in [1.82, 2.24) is 4.90 Å². The Hall–Kier alpha value is -0.780. The summed E-state index contributed by atoms with van der Waals surface area (Å²) in [5.74, 6) is 0.685. The van der Waals surface area contributed by atoms with Crippen molar-refractivity contribution in [3.05, 3.63) is 22.2 Å². The highest BCUT2D eigenvalue weighted by Gasteiger charge is 2.10. The quantitative estimate of drug-likeness (QED) is 0.743. The number of nitrogens with zero attached hydrogens (tertiary/aromatic N) is 1. The normalized spacial score (nSPS) is 11.0. The smallest absolute Gasteiger partial charge is 0.172 e. The van der Waals surface area contributed by atoms with Gasteiger partial charge < -0.3 is 19.5 Å². The van der Waals surface area contributed by atoms with Crippen molar-refractivity contribution < 1.29 is 14.6 Å². The number of halogens is 1. The third kappa shape index (κ3) is 5.38. The maximum absolute atomic E-state index is 9.86. The van der Waals surface area contributed by atoms with Crippen molar-refractivity contribution in [3.63, 3.8) is 0 Å². The summed E-state index contributed by atoms with van der Waals surface area (Å²) in [6, 6.07) is 3.81. The van der Waals surface area contributed by atoms with Crippen LogP contribution < -0.4 is 4.74 Å². The summed E-state index contributed by atoms with van der Waals surface area (Å²) in [5, 5.41) is 9.86. The van der Waals surface area contributed by atoms with E-state index in [-0.39, 0.29) is 5.75 Å². The average Bonchev–Trinajstić information content (AvgIpc) is 2.36. The van der Waals surface area contributed by atoms with E-state index in [4.69, 9.17) is 9.47 Å². The van der Waals surface area contributed by atoms with E-state index in [9.17, 15) is 5.11 Å². The Balaban J connectivity index is 2.67. The van der Waals surface area contributed by atoms with Gasteiger partial charge in [0, 0.05) is 26.8 Å². The van der Waals surface area contributed by atoms with Gasteiger partial charge in [-0.05, 0) is 54.0 Å². The molecule has 0 fully saturated rings. The van der Waals surface area contributed by atoms with Crippen molar-refractivity contribution in [2.45, 2.75) is 19.9 Å². The summed E-state index contributed by atoms with van der Waals surface area (Å²) in [5.41, 5.74) is 1.10. The molecule has 0 aliphatic heterocycles. The van der Waals surface area contributed by atoms with E-state index >= 15 is 0 Å². The molecule has 0 aliphatic rings. The fraction of sp³-hybridized carbons (Fsp3) is 0.571. The molecule has 4 nitrogen and oxygen atoms in total. The van der Waals surface area contributed by atoms with Crippen LogP contribution in [0, 0.1) is 0 Å². The SMILES string of the molecule is CCOc1cc(CN(C)CCCOC)cc(Br)c1O. The van der Waals surface area contributed by atoms with Crippen LogP contribution in [-0.2, 0) is 11.3 Å². The molecular formula is C14H22BrNO3. The summed E-state index contributed by atoms with van der Waals surface area (Å²) in [6.45, 7) is 4.98. The molecule has 5 heteroatoms. The number of phenolic OH excluding ortho intramolecular Hbond substituents is 1. The third-order valence-electron chi connectivity index (χ3n) is 2.73. The van der Waals surface area contributed by atoms with Crippen molar-refractivity contribution in [2.75, 3.05) is 33.9 Å². The molecule has 0 unspecified atom stereocenters. The molecule has 0 heterocycles. The van der Waals surface area contributed by atoms with Gasteiger partial charge in [0.05, 0.1) is 11.1 Å². The number of rotatable bonds is 8. The highest BCUT2D eigenvalue weighted by atomic mass is 79.9. The summed E-state index contributed by atoms with van der Waals surface area (Å²) < 4.78 is 11.1. The summed E-state index contributed by atoms with van der Waals surface area (Å²) in [4.78, 5) is 2.22. The predicted molar refractivity (Wildman–Crippen MR) is 79.8 cm³/mol. The van der Waals surface area contributed by atoms with E-state index in [1.807, 2.05) is 19.1 Å². The van der Waals surface area contributed by atoms with Crippen molar-refractivity contribution in [1.29, 1.82) is 0 Å². The second-order valence-corrected chi connectivity index (χ2v) is 5.30. The van der Waals surface area contributed by atoms with Gasteiger partial charge in [-0.2, -0.15) is 0 Å². The van der Waals surface area contributed by atoms with E-state index in [1.54, 1.807) is 7.11 Å². The molecule has 1 aromatic carbocycles. The fourth-order valence-electron chi connectivity index (χ4n) is 1.85. The van der Waals surface area contributed by atoms with E-state index in [0.717, 1.165) is 31.7 Å². The van der Waals surface area contributed by atoms with Gasteiger partial charge in [0.2, 0.25) is 0 Å². The molecule has 0 aliphatic carbocycles. The predicted octanol–water partition coefficient (Wildman–Crippen LogP) is 3.02. The Labute approximate surface area is 123 Å². The molecule has 0 bridgehead atoms. The van der Waals surface area contributed by atoms with Gasteiger partial charge in [-0.1, -0.05) is 0 Å². The van der Waals surface area contributed by atoms with Gasteiger partial charge in [0.25, 0.3) is 0 Å². The first-order chi connectivity index (χ1) is 9.08. The molecule has 1 aromatic rings. The van der Waals surface area contributed by atoms with Crippen LogP contribution in [0.5, 0.6) is 11.5 Å². The van der Waals surface area contributed by atoms with E-state index in [1.165, 1.54) is 0 Å². The maximum Gasteiger partial charge on any atom is 0.172 e. The molecule has 108 valence electrons. The van der Waals surface area contributed by atoms with E-state index in [2.05, 4.69) is 27.9 Å². The number of hydrogen-bond acceptors (Lipinski definition) is 4. The summed E-state index contributed by atoms with van der Waals surface area (Å²) in [7, 11) is 3.78. The lowest BCUT2D eigenvalue weighted by atomic mass is 10.2. The molecule has 0 saturated heterocycles. The Morgan fingerprint density at radius 3 is 2.74 bits per heavy atom. The Morgan fingerprint density at radius 1 is 1.37 bits per heavy atom. The molecule has 0 radical (unpaired) electrons. The number of ether oxygens (including phenoxy) is 2. The number of methoxy groups -OCH3 is 1. The van der Waals surface area contributed by atoms with Gasteiger partial charge in [0.1, 0.15) is 0 Å². The number of hydrogen-bond donors (Lipinski definition) is 1. The lowest BCUT2D eigenvalue weighted by molar-refractivity contribution is 0.178. The van der Waals surface area contributed by atoms with Crippen molar-refractivity contribution in [2.24, 2.45) is 0 Å². The molecule has 0 saturated carbocycles. The summed E-state index contributed by atoms with van der Waals surface area (Å²) in [6.07, 6.45) is 1.00. The minimum absolute atomic E-state index is 0.160. The van der Waals surface area contributed by atoms with Gasteiger partial charge in [-0.25, -0.2) is 0 Å². The number of benzene rings is 1. The van der Waals surface area contributed by atoms with Crippen LogP contribution in [0.3, 0.4) is 0 Å². The minimum atomic E-state index is 0.160. The van der Waals surface area contributed by atoms with Crippen molar-refractivity contribution >= 4 is 15.9 Å². The Kier molecular flexibility index (Phi) is 7.20. The van der Waals surface area contributed by atoms with E-state index < -0.39 is 0 Å². The number of aromatic hydroxyl groups is 1. The minimum Gasteiger partial charge on any atom is -0.503 e. The molecule has 0 spiro atoms. The zero-order valence-electron chi connectivity index (χ0n) is 11.8. The maximum atomic E-state index is 9.86. The number of phenols is 1. The Morgan fingerprint density at radius 2 is 2.11 bits per heavy atom. The van der Waals surface area contributed by atoms with Crippen LogP contribution in [0.1, 0.15) is 18.9 Å². The topological polar surface area (TPSA) is 41.9 Å². The van der Waals surface area contributed by atoms with Crippen LogP contribution >= 0.6 is 15.9 Å². The van der Waals surface area contributed by atoms with Crippen LogP contribution in [0.25, 0.3) is 0 Å². The standard InChI is InChI=1S/C14H22BrNO3/c1-4-19-13-9-11(8-12(15)14(13)17)10-16(2)6-5-7-18-3/h8-9,17H,4-7,10H2,1-3H3. The van der Waals surface area contributed by atoms with Crippen LogP contribution in [0.4, 0.5) is 0 Å². The lowest BCUT2D eigenvalue weighted by Gasteiger charge is -2.18. The molecule has 1 rings (SSSR count). The largest absolute Gasteiger partial charge is 0.503 e. The van der Waals surface area contributed by atoms with Gasteiger partial charge in [-0.15, -0.1) is 0 Å². The monoisotopic (exact) mass is 331 g/mol. The highest BCUT2D eigenvalue weighted by Crippen LogP contribution is 2.35. The van der Waals surface area contributed by atoms with Gasteiger partial charge >= 0.3 is 0 Å². The summed E-state index contributed by atoms with van der Waals surface area (Å²) >= 11 is 3.35. The zero-order valence-corrected chi connectivity index (χ0v) is 13.4. The fourth-order valence-corrected chi connectivity index (χ4v) is 2.34. The van der Waals surface area contributed by atoms with Gasteiger partial charge in [-0.3, -0.25) is 0 Å². The molecule has 0 atom stereocenters. The molecule has 0 amide bonds. The second kappa shape index (κ2) is 8.40. The Bertz CT molecular complexity index is 399. The molecular weight excluding hydrogens is 310 g/mol. The van der Waals surface area contributed by atoms with E-state index in [0.29, 0.717) is 16.8 Å². The first kappa shape index (κ1) is 16.3.